The molecule has 198 valence electrons. The molecule has 0 saturated carbocycles. The van der Waals surface area contributed by atoms with Crippen LogP contribution in [0, 0.1) is 5.92 Å². The second kappa shape index (κ2) is 10.9. The van der Waals surface area contributed by atoms with Crippen LogP contribution in [0.1, 0.15) is 31.2 Å². The Morgan fingerprint density at radius 3 is 2.39 bits per heavy atom. The molecule has 3 heterocycles. The van der Waals surface area contributed by atoms with E-state index in [2.05, 4.69) is 15.5 Å². The Morgan fingerprint density at radius 1 is 1.08 bits per heavy atom. The molecule has 3 aliphatic rings. The van der Waals surface area contributed by atoms with Crippen LogP contribution in [0.3, 0.4) is 0 Å². The lowest BCUT2D eigenvalue weighted by Crippen LogP contribution is -2.49. The number of nitrogens with one attached hydrogen (secondary N) is 2. The number of primary amides is 1. The number of hydroxylamine groups is 2. The van der Waals surface area contributed by atoms with E-state index >= 15 is 0 Å². The van der Waals surface area contributed by atoms with E-state index < -0.39 is 29.8 Å². The van der Waals surface area contributed by atoms with Gasteiger partial charge in [0.2, 0.25) is 11.8 Å². The summed E-state index contributed by atoms with van der Waals surface area (Å²) < 4.78 is 41.9. The molecule has 3 saturated heterocycles. The van der Waals surface area contributed by atoms with Crippen molar-refractivity contribution < 1.29 is 32.4 Å². The molecule has 3 fully saturated rings. The van der Waals surface area contributed by atoms with E-state index in [-0.39, 0.29) is 30.1 Å². The summed E-state index contributed by atoms with van der Waals surface area (Å²) in [6, 6.07) is 3.27. The number of hydrogen-bond acceptors (Lipinski definition) is 8. The minimum absolute atomic E-state index is 0.118. The van der Waals surface area contributed by atoms with Crippen LogP contribution in [0.15, 0.2) is 18.2 Å². The van der Waals surface area contributed by atoms with Gasteiger partial charge in [-0.25, -0.2) is 4.79 Å². The second-order valence-corrected chi connectivity index (χ2v) is 9.45. The number of halogens is 3. The summed E-state index contributed by atoms with van der Waals surface area (Å²) in [6.07, 6.45) is -3.30. The highest BCUT2D eigenvalue weighted by atomic mass is 19.4. The van der Waals surface area contributed by atoms with Gasteiger partial charge in [-0.05, 0) is 43.4 Å². The quantitative estimate of drug-likeness (QED) is 0.494. The first-order valence-electron chi connectivity index (χ1n) is 12.1. The molecule has 0 aromatic heterocycles. The lowest BCUT2D eigenvalue weighted by molar-refractivity contribution is -0.137. The fraction of sp³-hybridized carbons (Fsp3) is 0.609. The molecule has 0 spiro atoms. The van der Waals surface area contributed by atoms with E-state index in [1.165, 1.54) is 6.07 Å². The molecule has 3 amide bonds. The number of benzene rings is 1. The van der Waals surface area contributed by atoms with Crippen LogP contribution in [0.4, 0.5) is 29.3 Å². The first-order chi connectivity index (χ1) is 17.1. The number of piperazine rings is 1. The molecule has 1 unspecified atom stereocenters. The summed E-state index contributed by atoms with van der Waals surface area (Å²) in [6.45, 7) is 4.29. The fourth-order valence-corrected chi connectivity index (χ4v) is 5.01. The number of hydrogen-bond donors (Lipinski definition) is 3. The highest BCUT2D eigenvalue weighted by Crippen LogP contribution is 2.39. The molecule has 1 aromatic rings. The third kappa shape index (κ3) is 6.58. The minimum Gasteiger partial charge on any atom is -0.374 e. The molecular formula is C23H31F3N6O4. The highest BCUT2D eigenvalue weighted by Gasteiger charge is 2.37. The lowest BCUT2D eigenvalue weighted by atomic mass is 9.97. The number of imide groups is 1. The normalized spacial score (nSPS) is 22.9. The Labute approximate surface area is 206 Å². The van der Waals surface area contributed by atoms with Gasteiger partial charge in [0.05, 0.1) is 5.56 Å². The van der Waals surface area contributed by atoms with Crippen LogP contribution in [-0.4, -0.2) is 79.7 Å². The fourth-order valence-electron chi connectivity index (χ4n) is 5.01. The Bertz CT molecular complexity index is 975. The van der Waals surface area contributed by atoms with E-state index in [0.29, 0.717) is 45.2 Å². The Morgan fingerprint density at radius 2 is 1.78 bits per heavy atom. The second-order valence-electron chi connectivity index (χ2n) is 9.45. The van der Waals surface area contributed by atoms with Gasteiger partial charge >= 0.3 is 12.3 Å². The zero-order valence-electron chi connectivity index (χ0n) is 19.9. The van der Waals surface area contributed by atoms with Crippen molar-refractivity contribution in [1.29, 1.82) is 0 Å². The van der Waals surface area contributed by atoms with Gasteiger partial charge in [0.25, 0.3) is 0 Å². The van der Waals surface area contributed by atoms with Crippen molar-refractivity contribution in [3.63, 3.8) is 0 Å². The average molecular weight is 513 g/mol. The van der Waals surface area contributed by atoms with Gasteiger partial charge in [-0.15, -0.1) is 5.06 Å². The number of carbonyl (C=O) groups excluding carboxylic acids is 3. The molecule has 3 aliphatic heterocycles. The van der Waals surface area contributed by atoms with Gasteiger partial charge in [-0.1, -0.05) is 0 Å². The molecule has 4 N–H and O–H groups in total. The van der Waals surface area contributed by atoms with Crippen molar-refractivity contribution >= 4 is 29.3 Å². The first kappa shape index (κ1) is 26.0. The number of amides is 3. The van der Waals surface area contributed by atoms with E-state index in [4.69, 9.17) is 10.6 Å². The van der Waals surface area contributed by atoms with Crippen LogP contribution < -0.4 is 21.3 Å². The van der Waals surface area contributed by atoms with E-state index in [0.717, 1.165) is 25.5 Å². The lowest BCUT2D eigenvalue weighted by Gasteiger charge is -2.39. The first-order valence-corrected chi connectivity index (χ1v) is 12.1. The topological polar surface area (TPSA) is 120 Å². The maximum absolute atomic E-state index is 14.0. The van der Waals surface area contributed by atoms with Crippen LogP contribution in [0.2, 0.25) is 0 Å². The maximum Gasteiger partial charge on any atom is 0.423 e. The van der Waals surface area contributed by atoms with Gasteiger partial charge in [0.1, 0.15) is 6.04 Å². The number of anilines is 2. The van der Waals surface area contributed by atoms with Gasteiger partial charge in [-0.3, -0.25) is 19.8 Å². The van der Waals surface area contributed by atoms with Crippen LogP contribution in [0.25, 0.3) is 0 Å². The number of nitrogens with zero attached hydrogens (tertiary/aromatic N) is 3. The molecule has 13 heteroatoms. The van der Waals surface area contributed by atoms with Gasteiger partial charge < -0.3 is 20.8 Å². The maximum atomic E-state index is 14.0. The van der Waals surface area contributed by atoms with Crippen molar-refractivity contribution in [2.45, 2.75) is 37.9 Å². The molecular weight excluding hydrogens is 481 g/mol. The van der Waals surface area contributed by atoms with Crippen LogP contribution >= 0.6 is 0 Å². The molecule has 1 aromatic carbocycles. The molecule has 10 nitrogen and oxygen atoms in total. The van der Waals surface area contributed by atoms with Crippen LogP contribution in [-0.2, 0) is 20.6 Å². The van der Waals surface area contributed by atoms with Gasteiger partial charge in [0.15, 0.2) is 0 Å². The molecule has 1 atom stereocenters. The van der Waals surface area contributed by atoms with Crippen molar-refractivity contribution in [2.24, 2.45) is 11.7 Å². The van der Waals surface area contributed by atoms with E-state index in [1.807, 2.05) is 0 Å². The molecule has 36 heavy (non-hydrogen) atoms. The predicted octanol–water partition coefficient (Wildman–Crippen LogP) is 1.77. The number of nitrogens with two attached hydrogens (primary N) is 1. The van der Waals surface area contributed by atoms with E-state index in [1.54, 1.807) is 16.0 Å². The number of carbonyl (C=O) groups is 3. The number of alkyl halides is 3. The minimum atomic E-state index is -4.56. The smallest absolute Gasteiger partial charge is 0.374 e. The number of rotatable bonds is 6. The Hall–Kier alpha value is -3.06. The number of piperidine rings is 2. The zero-order valence-corrected chi connectivity index (χ0v) is 19.9. The largest absolute Gasteiger partial charge is 0.423 e. The summed E-state index contributed by atoms with van der Waals surface area (Å²) >= 11 is 0. The van der Waals surface area contributed by atoms with E-state index in [9.17, 15) is 27.6 Å². The molecule has 0 aliphatic carbocycles. The van der Waals surface area contributed by atoms with Gasteiger partial charge in [-0.2, -0.15) is 13.2 Å². The Kier molecular flexibility index (Phi) is 7.88. The zero-order chi connectivity index (χ0) is 25.9. The third-order valence-electron chi connectivity index (χ3n) is 6.90. The van der Waals surface area contributed by atoms with Crippen molar-refractivity contribution in [3.05, 3.63) is 23.8 Å². The molecule has 0 bridgehead atoms. The average Bonchev–Trinajstić information content (AvgIpc) is 2.82. The summed E-state index contributed by atoms with van der Waals surface area (Å²) in [5, 5.41) is 6.59. The standard InChI is InChI=1S/C23H31F3N6O4/c24-23(25,26)17-13-16(28-18-2-4-20(33)29-21(18)34)1-3-19(17)31-11-9-30(10-12-31)14-15-5-7-32(8-6-15)36-22(27)35/h1,3,13,15,18,28H,2,4-12,14H2,(H2,27,35)(H,29,33,34). The third-order valence-corrected chi connectivity index (χ3v) is 6.90. The monoisotopic (exact) mass is 512 g/mol. The summed E-state index contributed by atoms with van der Waals surface area (Å²) in [4.78, 5) is 43.1. The Balaban J connectivity index is 1.34. The van der Waals surface area contributed by atoms with Crippen molar-refractivity contribution in [3.8, 4) is 0 Å². The molecule has 4 rings (SSSR count). The van der Waals surface area contributed by atoms with Crippen molar-refractivity contribution in [2.75, 3.05) is 56.0 Å². The summed E-state index contributed by atoms with van der Waals surface area (Å²) in [5.74, 6) is -0.496. The summed E-state index contributed by atoms with van der Waals surface area (Å²) in [7, 11) is 0. The molecule has 0 radical (unpaired) electrons. The van der Waals surface area contributed by atoms with Crippen LogP contribution in [0.5, 0.6) is 0 Å². The highest BCUT2D eigenvalue weighted by molar-refractivity contribution is 6.01. The summed E-state index contributed by atoms with van der Waals surface area (Å²) in [5.41, 5.74) is 4.60. The van der Waals surface area contributed by atoms with Crippen molar-refractivity contribution in [1.82, 2.24) is 15.3 Å². The predicted molar refractivity (Wildman–Crippen MR) is 125 cm³/mol. The SMILES string of the molecule is NC(=O)ON1CCC(CN2CCN(c3ccc(NC4CCC(=O)NC4=O)cc3C(F)(F)F)CC2)CC1. The van der Waals surface area contributed by atoms with Gasteiger partial charge in [0, 0.05) is 63.6 Å².